The van der Waals surface area contributed by atoms with Gasteiger partial charge in [-0.05, 0) is 30.7 Å². The number of rotatable bonds is 5. The van der Waals surface area contributed by atoms with Crippen molar-refractivity contribution in [2.45, 2.75) is 30.9 Å². The minimum absolute atomic E-state index is 0.00467. The highest BCUT2D eigenvalue weighted by Gasteiger charge is 2.83. The number of hydrogen-bond acceptors (Lipinski definition) is 2. The highest BCUT2D eigenvalue weighted by molar-refractivity contribution is 6.02. The molecule has 2 nitrogen and oxygen atoms in total. The van der Waals surface area contributed by atoms with Gasteiger partial charge in [0.25, 0.3) is 0 Å². The summed E-state index contributed by atoms with van der Waals surface area (Å²) in [5.74, 6) is -23.2. The molecular formula is C13H9F9O2. The third-order valence-electron chi connectivity index (χ3n) is 3.09. The number of aryl methyl sites for hydroxylation is 1. The standard InChI is InChI=1S/C13H9F9O2/c1-6-5-7(3-4-8(6)24-2)9(23)10(14,15)11(16,17)12(18,19)13(20,21)22/h3-5H,1-2H3. The van der Waals surface area contributed by atoms with Crippen LogP contribution in [0, 0.1) is 6.92 Å². The van der Waals surface area contributed by atoms with Gasteiger partial charge in [-0.3, -0.25) is 4.79 Å². The molecule has 1 aromatic carbocycles. The number of halogens is 9. The fourth-order valence-corrected chi connectivity index (χ4v) is 1.72. The van der Waals surface area contributed by atoms with Crippen molar-refractivity contribution in [3.8, 4) is 5.75 Å². The molecule has 0 N–H and O–H groups in total. The van der Waals surface area contributed by atoms with E-state index in [1.165, 1.54) is 6.92 Å². The van der Waals surface area contributed by atoms with Crippen LogP contribution in [-0.2, 0) is 0 Å². The zero-order valence-corrected chi connectivity index (χ0v) is 12.0. The van der Waals surface area contributed by atoms with E-state index in [9.17, 15) is 44.3 Å². The Labute approximate surface area is 129 Å². The highest BCUT2D eigenvalue weighted by Crippen LogP contribution is 2.53. The van der Waals surface area contributed by atoms with Crippen molar-refractivity contribution >= 4 is 5.78 Å². The maximum Gasteiger partial charge on any atom is 0.460 e. The van der Waals surface area contributed by atoms with Crippen LogP contribution in [0.1, 0.15) is 15.9 Å². The summed E-state index contributed by atoms with van der Waals surface area (Å²) in [5.41, 5.74) is -1.17. The van der Waals surface area contributed by atoms with Crippen molar-refractivity contribution < 1.29 is 49.0 Å². The molecule has 0 atom stereocenters. The normalized spacial score (nSPS) is 13.8. The van der Waals surface area contributed by atoms with Crippen LogP contribution in [0.15, 0.2) is 18.2 Å². The third-order valence-corrected chi connectivity index (χ3v) is 3.09. The van der Waals surface area contributed by atoms with E-state index in [1.54, 1.807) is 0 Å². The number of hydrogen-bond donors (Lipinski definition) is 0. The summed E-state index contributed by atoms with van der Waals surface area (Å²) in [7, 11) is 1.16. The van der Waals surface area contributed by atoms with Crippen LogP contribution in [-0.4, -0.2) is 36.8 Å². The van der Waals surface area contributed by atoms with Gasteiger partial charge < -0.3 is 4.74 Å². The summed E-state index contributed by atoms with van der Waals surface area (Å²) in [6, 6.07) is 2.06. The maximum absolute atomic E-state index is 13.5. The highest BCUT2D eigenvalue weighted by atomic mass is 19.4. The van der Waals surface area contributed by atoms with Crippen molar-refractivity contribution in [3.05, 3.63) is 29.3 Å². The lowest BCUT2D eigenvalue weighted by atomic mass is 9.95. The Bertz CT molecular complexity index is 635. The Morgan fingerprint density at radius 2 is 1.42 bits per heavy atom. The molecule has 0 saturated heterocycles. The first-order chi connectivity index (χ1) is 10.6. The zero-order chi connectivity index (χ0) is 19.1. The molecule has 0 radical (unpaired) electrons. The summed E-state index contributed by atoms with van der Waals surface area (Å²) in [6.45, 7) is 1.22. The summed E-state index contributed by atoms with van der Waals surface area (Å²) < 4.78 is 120. The number of methoxy groups -OCH3 is 1. The second-order valence-corrected chi connectivity index (χ2v) is 4.73. The van der Waals surface area contributed by atoms with Gasteiger partial charge in [-0.25, -0.2) is 0 Å². The minimum atomic E-state index is -7.11. The average Bonchev–Trinajstić information content (AvgIpc) is 2.44. The molecule has 0 saturated carbocycles. The predicted molar refractivity (Wildman–Crippen MR) is 63.0 cm³/mol. The lowest BCUT2D eigenvalue weighted by Crippen LogP contribution is -2.63. The fraction of sp³-hybridized carbons (Fsp3) is 0.462. The quantitative estimate of drug-likeness (QED) is 0.559. The summed E-state index contributed by atoms with van der Waals surface area (Å²) in [4.78, 5) is 11.5. The Hall–Kier alpha value is -1.94. The fourth-order valence-electron chi connectivity index (χ4n) is 1.72. The Balaban J connectivity index is 3.37. The van der Waals surface area contributed by atoms with Gasteiger partial charge >= 0.3 is 23.9 Å². The monoisotopic (exact) mass is 368 g/mol. The van der Waals surface area contributed by atoms with Gasteiger partial charge in [-0.15, -0.1) is 0 Å². The van der Waals surface area contributed by atoms with Gasteiger partial charge in [0.2, 0.25) is 5.78 Å². The van der Waals surface area contributed by atoms with Gasteiger partial charge in [-0.2, -0.15) is 39.5 Å². The van der Waals surface area contributed by atoms with E-state index in [0.29, 0.717) is 12.1 Å². The Kier molecular flexibility index (Phi) is 4.90. The number of Topliss-reactive ketones (excluding diaryl/α,β-unsaturated/α-hetero) is 1. The van der Waals surface area contributed by atoms with E-state index >= 15 is 0 Å². The first-order valence-electron chi connectivity index (χ1n) is 6.01. The molecule has 11 heteroatoms. The molecule has 0 heterocycles. The Morgan fingerprint density at radius 1 is 0.917 bits per heavy atom. The predicted octanol–water partition coefficient (Wildman–Crippen LogP) is 4.65. The molecule has 0 amide bonds. The van der Waals surface area contributed by atoms with Crippen LogP contribution < -0.4 is 4.74 Å². The van der Waals surface area contributed by atoms with E-state index in [4.69, 9.17) is 4.74 Å². The lowest BCUT2D eigenvalue weighted by Gasteiger charge is -2.32. The summed E-state index contributed by atoms with van der Waals surface area (Å²) in [5, 5.41) is 0. The first kappa shape index (κ1) is 20.1. The number of benzene rings is 1. The topological polar surface area (TPSA) is 26.3 Å². The van der Waals surface area contributed by atoms with Crippen molar-refractivity contribution in [3.63, 3.8) is 0 Å². The maximum atomic E-state index is 13.5. The van der Waals surface area contributed by atoms with Gasteiger partial charge in [0.05, 0.1) is 7.11 Å². The molecule has 0 unspecified atom stereocenters. The van der Waals surface area contributed by atoms with Gasteiger partial charge in [0.15, 0.2) is 0 Å². The zero-order valence-electron chi connectivity index (χ0n) is 12.0. The molecule has 0 aliphatic rings. The minimum Gasteiger partial charge on any atom is -0.496 e. The van der Waals surface area contributed by atoms with E-state index in [-0.39, 0.29) is 11.3 Å². The van der Waals surface area contributed by atoms with Crippen molar-refractivity contribution in [2.24, 2.45) is 0 Å². The van der Waals surface area contributed by atoms with Crippen molar-refractivity contribution in [2.75, 3.05) is 7.11 Å². The van der Waals surface area contributed by atoms with E-state index < -0.39 is 35.3 Å². The second-order valence-electron chi connectivity index (χ2n) is 4.73. The molecule has 0 aliphatic carbocycles. The number of alkyl halides is 9. The van der Waals surface area contributed by atoms with Crippen molar-refractivity contribution in [1.82, 2.24) is 0 Å². The van der Waals surface area contributed by atoms with Gasteiger partial charge in [0, 0.05) is 5.56 Å². The number of carbonyl (C=O) groups excluding carboxylic acids is 1. The second kappa shape index (κ2) is 5.85. The smallest absolute Gasteiger partial charge is 0.460 e. The molecular weight excluding hydrogens is 359 g/mol. The molecule has 0 bridgehead atoms. The number of ether oxygens (including phenoxy) is 1. The molecule has 0 fully saturated rings. The largest absolute Gasteiger partial charge is 0.496 e. The molecule has 0 aliphatic heterocycles. The molecule has 1 rings (SSSR count). The van der Waals surface area contributed by atoms with Crippen LogP contribution in [0.3, 0.4) is 0 Å². The van der Waals surface area contributed by atoms with Gasteiger partial charge in [-0.1, -0.05) is 0 Å². The third kappa shape index (κ3) is 2.91. The molecule has 136 valence electrons. The number of ketones is 1. The summed E-state index contributed by atoms with van der Waals surface area (Å²) >= 11 is 0. The van der Waals surface area contributed by atoms with Crippen molar-refractivity contribution in [1.29, 1.82) is 0 Å². The van der Waals surface area contributed by atoms with Gasteiger partial charge in [0.1, 0.15) is 5.75 Å². The van der Waals surface area contributed by atoms with Crippen LogP contribution >= 0.6 is 0 Å². The molecule has 24 heavy (non-hydrogen) atoms. The van der Waals surface area contributed by atoms with E-state index in [1.807, 2.05) is 0 Å². The molecule has 1 aromatic rings. The van der Waals surface area contributed by atoms with Crippen LogP contribution in [0.4, 0.5) is 39.5 Å². The Morgan fingerprint density at radius 3 is 1.79 bits per heavy atom. The van der Waals surface area contributed by atoms with Crippen LogP contribution in [0.25, 0.3) is 0 Å². The molecule has 0 spiro atoms. The van der Waals surface area contributed by atoms with Crippen LogP contribution in [0.2, 0.25) is 0 Å². The molecule has 0 aromatic heterocycles. The summed E-state index contributed by atoms with van der Waals surface area (Å²) in [6.07, 6.45) is -6.98. The lowest BCUT2D eigenvalue weighted by molar-refractivity contribution is -0.386. The average molecular weight is 368 g/mol. The number of carbonyl (C=O) groups is 1. The first-order valence-corrected chi connectivity index (χ1v) is 6.01. The SMILES string of the molecule is COc1ccc(C(=O)C(F)(F)C(F)(F)C(F)(F)C(F)(F)F)cc1C. The van der Waals surface area contributed by atoms with E-state index in [0.717, 1.165) is 13.2 Å². The van der Waals surface area contributed by atoms with Crippen LogP contribution in [0.5, 0.6) is 5.75 Å². The van der Waals surface area contributed by atoms with E-state index in [2.05, 4.69) is 0 Å².